The van der Waals surface area contributed by atoms with Crippen LogP contribution in [0.4, 0.5) is 0 Å². The first-order valence-electron chi connectivity index (χ1n) is 5.53. The highest BCUT2D eigenvalue weighted by molar-refractivity contribution is 6.43. The molecule has 0 saturated carbocycles. The monoisotopic (exact) mass is 311 g/mol. The average molecular weight is 313 g/mol. The Balaban J connectivity index is 2.43. The average Bonchev–Trinajstić information content (AvgIpc) is 2.84. The van der Waals surface area contributed by atoms with Gasteiger partial charge in [0.05, 0.1) is 10.0 Å². The molecule has 19 heavy (non-hydrogen) atoms. The van der Waals surface area contributed by atoms with Crippen molar-refractivity contribution in [1.82, 2.24) is 14.6 Å². The highest BCUT2D eigenvalue weighted by Crippen LogP contribution is 2.37. The van der Waals surface area contributed by atoms with Gasteiger partial charge in [-0.2, -0.15) is 0 Å². The topological polar surface area (TPSA) is 30.2 Å². The summed E-state index contributed by atoms with van der Waals surface area (Å²) in [5.74, 6) is 0. The number of nitrogens with zero attached hydrogens (tertiary/aromatic N) is 3. The van der Waals surface area contributed by atoms with Crippen LogP contribution in [-0.4, -0.2) is 14.6 Å². The summed E-state index contributed by atoms with van der Waals surface area (Å²) in [5.41, 5.74) is 3.33. The van der Waals surface area contributed by atoms with E-state index in [4.69, 9.17) is 34.8 Å². The van der Waals surface area contributed by atoms with Crippen LogP contribution < -0.4 is 0 Å². The third kappa shape index (κ3) is 1.98. The molecular formula is C13H8Cl3N3. The number of benzene rings is 1. The van der Waals surface area contributed by atoms with Gasteiger partial charge >= 0.3 is 0 Å². The smallest absolute Gasteiger partial charge is 0.169 e. The number of hydrogen-bond donors (Lipinski definition) is 0. The maximum atomic E-state index is 6.28. The summed E-state index contributed by atoms with van der Waals surface area (Å²) in [5, 5.41) is 9.57. The summed E-state index contributed by atoms with van der Waals surface area (Å²) >= 11 is 18.5. The van der Waals surface area contributed by atoms with Gasteiger partial charge in [-0.25, -0.2) is 0 Å². The number of hydrogen-bond acceptors (Lipinski definition) is 2. The summed E-state index contributed by atoms with van der Waals surface area (Å²) in [6.45, 7) is 1.95. The molecule has 3 aromatic rings. The Morgan fingerprint density at radius 1 is 1.16 bits per heavy atom. The standard InChI is InChI=1S/C13H8Cl3N3/c1-7-5-10(15)19-6-17-18-13(19)11(7)8-3-2-4-9(14)12(8)16/h2-6H,1H3. The highest BCUT2D eigenvalue weighted by atomic mass is 35.5. The van der Waals surface area contributed by atoms with E-state index in [-0.39, 0.29) is 0 Å². The zero-order valence-electron chi connectivity index (χ0n) is 9.86. The first kappa shape index (κ1) is 12.7. The van der Waals surface area contributed by atoms with E-state index < -0.39 is 0 Å². The molecule has 1 aromatic carbocycles. The molecule has 0 N–H and O–H groups in total. The van der Waals surface area contributed by atoms with Gasteiger partial charge in [0.15, 0.2) is 5.65 Å². The van der Waals surface area contributed by atoms with Crippen LogP contribution in [0.1, 0.15) is 5.56 Å². The molecule has 0 unspecified atom stereocenters. The van der Waals surface area contributed by atoms with Gasteiger partial charge in [-0.15, -0.1) is 10.2 Å². The fourth-order valence-electron chi connectivity index (χ4n) is 2.09. The van der Waals surface area contributed by atoms with Crippen molar-refractivity contribution in [3.63, 3.8) is 0 Å². The lowest BCUT2D eigenvalue weighted by Crippen LogP contribution is -1.94. The molecular weight excluding hydrogens is 305 g/mol. The van der Waals surface area contributed by atoms with Crippen molar-refractivity contribution in [2.24, 2.45) is 0 Å². The zero-order chi connectivity index (χ0) is 13.6. The molecule has 0 saturated heterocycles. The molecule has 3 rings (SSSR count). The Labute approximate surface area is 124 Å². The number of halogens is 3. The first-order chi connectivity index (χ1) is 9.09. The molecule has 0 fully saturated rings. The van der Waals surface area contributed by atoms with Crippen molar-refractivity contribution in [3.05, 3.63) is 51.4 Å². The van der Waals surface area contributed by atoms with Gasteiger partial charge < -0.3 is 0 Å². The maximum absolute atomic E-state index is 6.28. The van der Waals surface area contributed by atoms with E-state index in [0.717, 1.165) is 16.7 Å². The lowest BCUT2D eigenvalue weighted by atomic mass is 10.0. The molecule has 0 radical (unpaired) electrons. The van der Waals surface area contributed by atoms with Crippen LogP contribution in [0.15, 0.2) is 30.6 Å². The third-order valence-electron chi connectivity index (χ3n) is 2.95. The van der Waals surface area contributed by atoms with Gasteiger partial charge in [-0.1, -0.05) is 46.9 Å². The summed E-state index contributed by atoms with van der Waals surface area (Å²) in [4.78, 5) is 0. The second-order valence-electron chi connectivity index (χ2n) is 4.15. The minimum absolute atomic E-state index is 0.500. The minimum Gasteiger partial charge on any atom is -0.271 e. The molecule has 0 atom stereocenters. The normalized spacial score (nSPS) is 11.2. The van der Waals surface area contributed by atoms with E-state index in [2.05, 4.69) is 10.2 Å². The second kappa shape index (κ2) is 4.67. The number of pyridine rings is 1. The van der Waals surface area contributed by atoms with Crippen molar-refractivity contribution in [3.8, 4) is 11.1 Å². The van der Waals surface area contributed by atoms with E-state index in [9.17, 15) is 0 Å². The molecule has 0 amide bonds. The second-order valence-corrected chi connectivity index (χ2v) is 5.32. The Kier molecular flexibility index (Phi) is 3.13. The Morgan fingerprint density at radius 2 is 1.95 bits per heavy atom. The Hall–Kier alpha value is -1.29. The summed E-state index contributed by atoms with van der Waals surface area (Å²) in [6, 6.07) is 7.35. The SMILES string of the molecule is Cc1cc(Cl)n2cnnc2c1-c1cccc(Cl)c1Cl. The molecule has 0 spiro atoms. The van der Waals surface area contributed by atoms with Crippen molar-refractivity contribution >= 4 is 40.4 Å². The lowest BCUT2D eigenvalue weighted by molar-refractivity contribution is 1.10. The predicted molar refractivity (Wildman–Crippen MR) is 78.2 cm³/mol. The molecule has 2 aromatic heterocycles. The van der Waals surface area contributed by atoms with Crippen LogP contribution in [0.2, 0.25) is 15.2 Å². The van der Waals surface area contributed by atoms with Crippen LogP contribution in [0, 0.1) is 6.92 Å². The lowest BCUT2D eigenvalue weighted by Gasteiger charge is -2.11. The van der Waals surface area contributed by atoms with E-state index in [0.29, 0.717) is 20.8 Å². The highest BCUT2D eigenvalue weighted by Gasteiger charge is 2.16. The number of fused-ring (bicyclic) bond motifs is 1. The number of aromatic nitrogens is 3. The van der Waals surface area contributed by atoms with Crippen molar-refractivity contribution < 1.29 is 0 Å². The van der Waals surface area contributed by atoms with Crippen molar-refractivity contribution in [2.45, 2.75) is 6.92 Å². The molecule has 3 nitrogen and oxygen atoms in total. The molecule has 6 heteroatoms. The zero-order valence-corrected chi connectivity index (χ0v) is 12.1. The van der Waals surface area contributed by atoms with Crippen LogP contribution in [-0.2, 0) is 0 Å². The van der Waals surface area contributed by atoms with Crippen molar-refractivity contribution in [2.75, 3.05) is 0 Å². The van der Waals surface area contributed by atoms with Gasteiger partial charge in [0.25, 0.3) is 0 Å². The van der Waals surface area contributed by atoms with Crippen LogP contribution in [0.5, 0.6) is 0 Å². The summed E-state index contributed by atoms with van der Waals surface area (Å²) in [6.07, 6.45) is 1.57. The van der Waals surface area contributed by atoms with E-state index >= 15 is 0 Å². The fourth-order valence-corrected chi connectivity index (χ4v) is 2.77. The molecule has 0 aliphatic carbocycles. The minimum atomic E-state index is 0.500. The maximum Gasteiger partial charge on any atom is 0.169 e. The Morgan fingerprint density at radius 3 is 2.74 bits per heavy atom. The molecule has 2 heterocycles. The fraction of sp³-hybridized carbons (Fsp3) is 0.0769. The van der Waals surface area contributed by atoms with E-state index in [1.807, 2.05) is 25.1 Å². The van der Waals surface area contributed by atoms with Crippen LogP contribution in [0.3, 0.4) is 0 Å². The third-order valence-corrected chi connectivity index (χ3v) is 4.06. The number of aryl methyl sites for hydroxylation is 1. The van der Waals surface area contributed by atoms with Gasteiger partial charge in [-0.05, 0) is 24.6 Å². The van der Waals surface area contributed by atoms with Gasteiger partial charge in [0, 0.05) is 11.1 Å². The predicted octanol–water partition coefficient (Wildman–Crippen LogP) is 4.66. The largest absolute Gasteiger partial charge is 0.271 e. The van der Waals surface area contributed by atoms with Gasteiger partial charge in [0.1, 0.15) is 11.5 Å². The van der Waals surface area contributed by atoms with Crippen LogP contribution >= 0.6 is 34.8 Å². The molecule has 96 valence electrons. The van der Waals surface area contributed by atoms with E-state index in [1.54, 1.807) is 16.8 Å². The Bertz CT molecular complexity index is 780. The molecule has 0 aliphatic rings. The number of rotatable bonds is 1. The van der Waals surface area contributed by atoms with Crippen LogP contribution in [0.25, 0.3) is 16.8 Å². The van der Waals surface area contributed by atoms with Crippen molar-refractivity contribution in [1.29, 1.82) is 0 Å². The van der Waals surface area contributed by atoms with Gasteiger partial charge in [-0.3, -0.25) is 4.40 Å². The summed E-state index contributed by atoms with van der Waals surface area (Å²) < 4.78 is 1.71. The van der Waals surface area contributed by atoms with E-state index in [1.165, 1.54) is 0 Å². The first-order valence-corrected chi connectivity index (χ1v) is 6.66. The summed E-state index contributed by atoms with van der Waals surface area (Å²) in [7, 11) is 0. The quantitative estimate of drug-likeness (QED) is 0.611. The molecule has 0 aliphatic heterocycles. The van der Waals surface area contributed by atoms with Gasteiger partial charge in [0.2, 0.25) is 0 Å². The molecule has 0 bridgehead atoms.